The van der Waals surface area contributed by atoms with Crippen molar-refractivity contribution in [2.75, 3.05) is 18.8 Å². The summed E-state index contributed by atoms with van der Waals surface area (Å²) in [5.74, 6) is 1.08. The summed E-state index contributed by atoms with van der Waals surface area (Å²) in [7, 11) is -1.05. The summed E-state index contributed by atoms with van der Waals surface area (Å²) < 4.78 is 11.9. The van der Waals surface area contributed by atoms with E-state index >= 15 is 0 Å². The Bertz CT molecular complexity index is 444. The Labute approximate surface area is 122 Å². The lowest BCUT2D eigenvalue weighted by Crippen LogP contribution is -2.39. The van der Waals surface area contributed by atoms with E-state index in [9.17, 15) is 9.00 Å². The number of hydrogen-bond acceptors (Lipinski definition) is 2. The Morgan fingerprint density at radius 2 is 1.85 bits per heavy atom. The molecule has 0 radical (unpaired) electrons. The topological polar surface area (TPSA) is 58.2 Å². The Balaban J connectivity index is 1.60. The van der Waals surface area contributed by atoms with Crippen LogP contribution in [0.1, 0.15) is 25.7 Å². The SMILES string of the molecule is O=C(NCCS(=O)c1ccccc1)NCC1CCCC1. The van der Waals surface area contributed by atoms with Gasteiger partial charge >= 0.3 is 6.03 Å². The summed E-state index contributed by atoms with van der Waals surface area (Å²) in [5.41, 5.74) is 0. The lowest BCUT2D eigenvalue weighted by atomic mass is 10.1. The molecule has 1 aromatic carbocycles. The second-order valence-corrected chi connectivity index (χ2v) is 6.72. The minimum Gasteiger partial charge on any atom is -0.338 e. The van der Waals surface area contributed by atoms with Gasteiger partial charge in [-0.3, -0.25) is 4.21 Å². The first kappa shape index (κ1) is 15.0. The molecule has 2 rings (SSSR count). The van der Waals surface area contributed by atoms with Crippen LogP contribution in [0.5, 0.6) is 0 Å². The number of benzene rings is 1. The highest BCUT2D eigenvalue weighted by Crippen LogP contribution is 2.23. The van der Waals surface area contributed by atoms with Gasteiger partial charge in [0, 0.05) is 23.7 Å². The van der Waals surface area contributed by atoms with Crippen molar-refractivity contribution >= 4 is 16.8 Å². The maximum atomic E-state index is 11.9. The molecule has 2 N–H and O–H groups in total. The molecule has 20 heavy (non-hydrogen) atoms. The van der Waals surface area contributed by atoms with Crippen molar-refractivity contribution in [1.82, 2.24) is 10.6 Å². The van der Waals surface area contributed by atoms with Crippen LogP contribution in [0.4, 0.5) is 4.79 Å². The van der Waals surface area contributed by atoms with Crippen LogP contribution in [0.2, 0.25) is 0 Å². The van der Waals surface area contributed by atoms with Crippen LogP contribution >= 0.6 is 0 Å². The van der Waals surface area contributed by atoms with Crippen molar-refractivity contribution in [3.63, 3.8) is 0 Å². The van der Waals surface area contributed by atoms with Crippen LogP contribution in [0.3, 0.4) is 0 Å². The van der Waals surface area contributed by atoms with Crippen molar-refractivity contribution in [2.24, 2.45) is 5.92 Å². The Morgan fingerprint density at radius 3 is 2.55 bits per heavy atom. The normalized spacial score (nSPS) is 16.8. The number of nitrogens with one attached hydrogen (secondary N) is 2. The van der Waals surface area contributed by atoms with Crippen molar-refractivity contribution < 1.29 is 9.00 Å². The van der Waals surface area contributed by atoms with Gasteiger partial charge in [0.1, 0.15) is 0 Å². The van der Waals surface area contributed by atoms with E-state index in [2.05, 4.69) is 10.6 Å². The maximum absolute atomic E-state index is 11.9. The number of amides is 2. The highest BCUT2D eigenvalue weighted by molar-refractivity contribution is 7.85. The fourth-order valence-corrected chi connectivity index (χ4v) is 3.45. The third-order valence-electron chi connectivity index (χ3n) is 3.61. The number of rotatable bonds is 6. The smallest absolute Gasteiger partial charge is 0.314 e. The highest BCUT2D eigenvalue weighted by atomic mass is 32.2. The van der Waals surface area contributed by atoms with Gasteiger partial charge in [-0.05, 0) is 30.9 Å². The Hall–Kier alpha value is -1.36. The zero-order valence-electron chi connectivity index (χ0n) is 11.6. The first-order valence-corrected chi connectivity index (χ1v) is 8.53. The maximum Gasteiger partial charge on any atom is 0.314 e. The van der Waals surface area contributed by atoms with Gasteiger partial charge in [0.05, 0.1) is 10.8 Å². The van der Waals surface area contributed by atoms with Crippen LogP contribution in [-0.4, -0.2) is 29.1 Å². The van der Waals surface area contributed by atoms with Gasteiger partial charge in [-0.1, -0.05) is 31.0 Å². The molecule has 1 aliphatic carbocycles. The van der Waals surface area contributed by atoms with Gasteiger partial charge in [-0.15, -0.1) is 0 Å². The molecule has 0 saturated heterocycles. The van der Waals surface area contributed by atoms with Crippen LogP contribution < -0.4 is 10.6 Å². The lowest BCUT2D eigenvalue weighted by molar-refractivity contribution is 0.239. The molecule has 0 bridgehead atoms. The van der Waals surface area contributed by atoms with Gasteiger partial charge in [-0.2, -0.15) is 0 Å². The van der Waals surface area contributed by atoms with E-state index in [1.165, 1.54) is 25.7 Å². The van der Waals surface area contributed by atoms with Crippen molar-refractivity contribution in [2.45, 2.75) is 30.6 Å². The first-order chi connectivity index (χ1) is 9.75. The van der Waals surface area contributed by atoms with E-state index < -0.39 is 10.8 Å². The summed E-state index contributed by atoms with van der Waals surface area (Å²) in [5, 5.41) is 5.65. The largest absolute Gasteiger partial charge is 0.338 e. The predicted octanol–water partition coefficient (Wildman–Crippen LogP) is 2.28. The molecule has 110 valence electrons. The van der Waals surface area contributed by atoms with E-state index in [1.54, 1.807) is 0 Å². The minimum atomic E-state index is -1.05. The van der Waals surface area contributed by atoms with E-state index in [0.717, 1.165) is 11.4 Å². The van der Waals surface area contributed by atoms with Crippen LogP contribution in [0.15, 0.2) is 35.2 Å². The van der Waals surface area contributed by atoms with Crippen molar-refractivity contribution in [3.05, 3.63) is 30.3 Å². The molecule has 4 nitrogen and oxygen atoms in total. The number of urea groups is 1. The van der Waals surface area contributed by atoms with Gasteiger partial charge in [0.2, 0.25) is 0 Å². The molecule has 1 aromatic rings. The zero-order valence-corrected chi connectivity index (χ0v) is 12.5. The third-order valence-corrected chi connectivity index (χ3v) is 4.98. The molecule has 5 heteroatoms. The number of hydrogen-bond donors (Lipinski definition) is 2. The molecule has 1 aliphatic rings. The quantitative estimate of drug-likeness (QED) is 0.845. The molecule has 0 aliphatic heterocycles. The molecule has 1 fully saturated rings. The van der Waals surface area contributed by atoms with Crippen molar-refractivity contribution in [3.8, 4) is 0 Å². The fraction of sp³-hybridized carbons (Fsp3) is 0.533. The summed E-state index contributed by atoms with van der Waals surface area (Å²) in [6.45, 7) is 1.19. The van der Waals surface area contributed by atoms with Gasteiger partial charge in [-0.25, -0.2) is 4.79 Å². The van der Waals surface area contributed by atoms with Crippen LogP contribution in [0.25, 0.3) is 0 Å². The van der Waals surface area contributed by atoms with Crippen LogP contribution in [-0.2, 0) is 10.8 Å². The van der Waals surface area contributed by atoms with Gasteiger partial charge in [0.25, 0.3) is 0 Å². The number of carbonyl (C=O) groups is 1. The Kier molecular flexibility index (Phi) is 6.05. The molecular formula is C15H22N2O2S. The van der Waals surface area contributed by atoms with E-state index in [-0.39, 0.29) is 6.03 Å². The van der Waals surface area contributed by atoms with E-state index in [1.807, 2.05) is 30.3 Å². The van der Waals surface area contributed by atoms with E-state index in [0.29, 0.717) is 18.2 Å². The summed E-state index contributed by atoms with van der Waals surface area (Å²) in [6.07, 6.45) is 5.00. The second kappa shape index (κ2) is 8.04. The van der Waals surface area contributed by atoms with E-state index in [4.69, 9.17) is 0 Å². The van der Waals surface area contributed by atoms with Gasteiger partial charge < -0.3 is 10.6 Å². The van der Waals surface area contributed by atoms with Gasteiger partial charge in [0.15, 0.2) is 0 Å². The monoisotopic (exact) mass is 294 g/mol. The molecular weight excluding hydrogens is 272 g/mol. The predicted molar refractivity (Wildman–Crippen MR) is 81.1 cm³/mol. The molecule has 1 atom stereocenters. The van der Waals surface area contributed by atoms with Crippen molar-refractivity contribution in [1.29, 1.82) is 0 Å². The second-order valence-electron chi connectivity index (χ2n) is 5.15. The summed E-state index contributed by atoms with van der Waals surface area (Å²) in [4.78, 5) is 12.4. The first-order valence-electron chi connectivity index (χ1n) is 7.21. The van der Waals surface area contributed by atoms with Crippen LogP contribution in [0, 0.1) is 5.92 Å². The summed E-state index contributed by atoms with van der Waals surface area (Å²) in [6, 6.07) is 9.17. The fourth-order valence-electron chi connectivity index (χ4n) is 2.46. The zero-order chi connectivity index (χ0) is 14.2. The summed E-state index contributed by atoms with van der Waals surface area (Å²) >= 11 is 0. The molecule has 2 amide bonds. The highest BCUT2D eigenvalue weighted by Gasteiger charge is 2.15. The Morgan fingerprint density at radius 1 is 1.15 bits per heavy atom. The minimum absolute atomic E-state index is 0.151. The average Bonchev–Trinajstić information content (AvgIpc) is 2.99. The number of carbonyl (C=O) groups excluding carboxylic acids is 1. The molecule has 0 aromatic heterocycles. The molecule has 0 heterocycles. The standard InChI is InChI=1S/C15H22N2O2S/c18-15(17-12-13-6-4-5-7-13)16-10-11-20(19)14-8-2-1-3-9-14/h1-3,8-9,13H,4-7,10-12H2,(H2,16,17,18). The third kappa shape index (κ3) is 4.96. The molecule has 1 saturated carbocycles. The lowest BCUT2D eigenvalue weighted by Gasteiger charge is -2.11. The average molecular weight is 294 g/mol. The molecule has 0 spiro atoms. The molecule has 1 unspecified atom stereocenters.